The average Bonchev–Trinajstić information content (AvgIpc) is 2.78. The standard InChI is InChI=1S/C13H23N5OS/c1-16(9-11-8-15-18(3)10-11)6-5-13(19)17(2)7-4-12(14)20/h8,10H,4-7,9H2,1-3H3,(H2,14,20). The zero-order valence-corrected chi connectivity index (χ0v) is 13.2. The van der Waals surface area contributed by atoms with E-state index in [0.717, 1.165) is 12.1 Å². The zero-order valence-electron chi connectivity index (χ0n) is 12.4. The molecule has 0 atom stereocenters. The molecule has 0 aliphatic carbocycles. The van der Waals surface area contributed by atoms with Crippen molar-refractivity contribution in [3.63, 3.8) is 0 Å². The van der Waals surface area contributed by atoms with Crippen molar-refractivity contribution in [2.45, 2.75) is 19.4 Å². The summed E-state index contributed by atoms with van der Waals surface area (Å²) in [5.41, 5.74) is 6.57. The third-order valence-electron chi connectivity index (χ3n) is 3.04. The molecule has 0 unspecified atom stereocenters. The number of aryl methyl sites for hydroxylation is 1. The zero-order chi connectivity index (χ0) is 15.1. The second kappa shape index (κ2) is 7.96. The minimum absolute atomic E-state index is 0.110. The van der Waals surface area contributed by atoms with Gasteiger partial charge in [-0.05, 0) is 7.05 Å². The van der Waals surface area contributed by atoms with E-state index < -0.39 is 0 Å². The lowest BCUT2D eigenvalue weighted by molar-refractivity contribution is -0.130. The summed E-state index contributed by atoms with van der Waals surface area (Å²) in [5.74, 6) is 0.110. The van der Waals surface area contributed by atoms with E-state index in [9.17, 15) is 4.79 Å². The maximum atomic E-state index is 11.9. The topological polar surface area (TPSA) is 67.4 Å². The molecule has 0 bridgehead atoms. The quantitative estimate of drug-likeness (QED) is 0.703. The van der Waals surface area contributed by atoms with E-state index in [0.29, 0.717) is 30.9 Å². The summed E-state index contributed by atoms with van der Waals surface area (Å²) in [6.07, 6.45) is 4.88. The van der Waals surface area contributed by atoms with Crippen LogP contribution in [0.3, 0.4) is 0 Å². The summed E-state index contributed by atoms with van der Waals surface area (Å²) in [6.45, 7) is 2.09. The number of rotatable bonds is 8. The molecule has 0 aliphatic rings. The maximum absolute atomic E-state index is 11.9. The van der Waals surface area contributed by atoms with Gasteiger partial charge in [0.2, 0.25) is 5.91 Å². The molecule has 0 saturated carbocycles. The summed E-state index contributed by atoms with van der Waals surface area (Å²) in [4.78, 5) is 16.1. The third-order valence-corrected chi connectivity index (χ3v) is 3.24. The number of amides is 1. The van der Waals surface area contributed by atoms with Crippen LogP contribution in [0.2, 0.25) is 0 Å². The molecule has 20 heavy (non-hydrogen) atoms. The minimum Gasteiger partial charge on any atom is -0.393 e. The highest BCUT2D eigenvalue weighted by Gasteiger charge is 2.10. The largest absolute Gasteiger partial charge is 0.393 e. The van der Waals surface area contributed by atoms with Gasteiger partial charge in [0.05, 0.1) is 11.2 Å². The summed E-state index contributed by atoms with van der Waals surface area (Å²) in [7, 11) is 5.67. The smallest absolute Gasteiger partial charge is 0.223 e. The van der Waals surface area contributed by atoms with Crippen molar-refractivity contribution in [2.24, 2.45) is 12.8 Å². The lowest BCUT2D eigenvalue weighted by Crippen LogP contribution is -2.32. The van der Waals surface area contributed by atoms with Crippen molar-refractivity contribution in [3.05, 3.63) is 18.0 Å². The van der Waals surface area contributed by atoms with Crippen LogP contribution < -0.4 is 5.73 Å². The van der Waals surface area contributed by atoms with Gasteiger partial charge >= 0.3 is 0 Å². The highest BCUT2D eigenvalue weighted by Crippen LogP contribution is 2.02. The Kier molecular flexibility index (Phi) is 6.60. The molecule has 7 heteroatoms. The Morgan fingerprint density at radius 3 is 2.65 bits per heavy atom. The second-order valence-electron chi connectivity index (χ2n) is 5.04. The summed E-state index contributed by atoms with van der Waals surface area (Å²) in [5, 5.41) is 4.12. The molecule has 6 nitrogen and oxygen atoms in total. The summed E-state index contributed by atoms with van der Waals surface area (Å²) < 4.78 is 1.78. The van der Waals surface area contributed by atoms with Crippen LogP contribution in [0, 0.1) is 0 Å². The van der Waals surface area contributed by atoms with Gasteiger partial charge in [-0.1, -0.05) is 12.2 Å². The van der Waals surface area contributed by atoms with E-state index in [4.69, 9.17) is 18.0 Å². The summed E-state index contributed by atoms with van der Waals surface area (Å²) >= 11 is 4.81. The first kappa shape index (κ1) is 16.6. The Balaban J connectivity index is 2.27. The average molecular weight is 297 g/mol. The van der Waals surface area contributed by atoms with Gasteiger partial charge in [0.1, 0.15) is 0 Å². The van der Waals surface area contributed by atoms with Gasteiger partial charge in [0.15, 0.2) is 0 Å². The Labute approximate surface area is 125 Å². The van der Waals surface area contributed by atoms with Crippen molar-refractivity contribution in [1.29, 1.82) is 0 Å². The number of nitrogens with two attached hydrogens (primary N) is 1. The number of thiocarbonyl (C=S) groups is 1. The lowest BCUT2D eigenvalue weighted by atomic mass is 10.3. The normalized spacial score (nSPS) is 10.8. The first-order chi connectivity index (χ1) is 9.38. The van der Waals surface area contributed by atoms with Gasteiger partial charge in [0.25, 0.3) is 0 Å². The molecule has 0 radical (unpaired) electrons. The second-order valence-corrected chi connectivity index (χ2v) is 5.57. The van der Waals surface area contributed by atoms with Crippen molar-refractivity contribution >= 4 is 23.1 Å². The molecule has 0 aromatic carbocycles. The molecule has 1 amide bonds. The van der Waals surface area contributed by atoms with Crippen LogP contribution in [0.15, 0.2) is 12.4 Å². The predicted octanol–water partition coefficient (Wildman–Crippen LogP) is 0.377. The molecule has 0 aliphatic heterocycles. The van der Waals surface area contributed by atoms with Crippen molar-refractivity contribution in [2.75, 3.05) is 27.2 Å². The molecule has 0 fully saturated rings. The van der Waals surface area contributed by atoms with E-state index in [1.807, 2.05) is 26.5 Å². The Bertz CT molecular complexity index is 459. The van der Waals surface area contributed by atoms with E-state index in [1.54, 1.807) is 16.6 Å². The van der Waals surface area contributed by atoms with E-state index in [2.05, 4.69) is 10.00 Å². The van der Waals surface area contributed by atoms with Gasteiger partial charge in [0, 0.05) is 58.3 Å². The minimum atomic E-state index is 0.110. The van der Waals surface area contributed by atoms with Crippen LogP contribution in [0.25, 0.3) is 0 Å². The molecule has 1 rings (SSSR count). The van der Waals surface area contributed by atoms with Crippen molar-refractivity contribution < 1.29 is 4.79 Å². The van der Waals surface area contributed by atoms with Crippen molar-refractivity contribution in [3.8, 4) is 0 Å². The molecule has 0 saturated heterocycles. The van der Waals surface area contributed by atoms with E-state index in [-0.39, 0.29) is 5.91 Å². The fourth-order valence-corrected chi connectivity index (χ4v) is 1.92. The highest BCUT2D eigenvalue weighted by atomic mass is 32.1. The highest BCUT2D eigenvalue weighted by molar-refractivity contribution is 7.80. The van der Waals surface area contributed by atoms with Gasteiger partial charge in [-0.3, -0.25) is 9.48 Å². The molecule has 1 heterocycles. The van der Waals surface area contributed by atoms with Gasteiger partial charge in [-0.2, -0.15) is 5.10 Å². The molecule has 1 aromatic rings. The number of aromatic nitrogens is 2. The van der Waals surface area contributed by atoms with Crippen LogP contribution in [-0.2, 0) is 18.4 Å². The summed E-state index contributed by atoms with van der Waals surface area (Å²) in [6, 6.07) is 0. The van der Waals surface area contributed by atoms with E-state index in [1.165, 1.54) is 0 Å². The Morgan fingerprint density at radius 1 is 1.40 bits per heavy atom. The van der Waals surface area contributed by atoms with Crippen LogP contribution in [0.5, 0.6) is 0 Å². The fourth-order valence-electron chi connectivity index (χ4n) is 1.82. The fraction of sp³-hybridized carbons (Fsp3) is 0.615. The monoisotopic (exact) mass is 297 g/mol. The number of hydrogen-bond donors (Lipinski definition) is 1. The molecule has 2 N–H and O–H groups in total. The number of carbonyl (C=O) groups is 1. The SMILES string of the molecule is CN(CCC(=O)N(C)CCC(N)=S)Cc1cnn(C)c1. The number of hydrogen-bond acceptors (Lipinski definition) is 4. The molecule has 0 spiro atoms. The van der Waals surface area contributed by atoms with E-state index >= 15 is 0 Å². The van der Waals surface area contributed by atoms with Crippen molar-refractivity contribution in [1.82, 2.24) is 19.6 Å². The predicted molar refractivity (Wildman–Crippen MR) is 83.2 cm³/mol. The molecular weight excluding hydrogens is 274 g/mol. The first-order valence-corrected chi connectivity index (χ1v) is 6.97. The van der Waals surface area contributed by atoms with Gasteiger partial charge in [-0.25, -0.2) is 0 Å². The molecular formula is C13H23N5OS. The molecule has 1 aromatic heterocycles. The van der Waals surface area contributed by atoms with Crippen LogP contribution >= 0.6 is 12.2 Å². The van der Waals surface area contributed by atoms with Crippen LogP contribution in [0.1, 0.15) is 18.4 Å². The Hall–Kier alpha value is -1.47. The van der Waals surface area contributed by atoms with Gasteiger partial charge in [-0.15, -0.1) is 0 Å². The van der Waals surface area contributed by atoms with Crippen LogP contribution in [0.4, 0.5) is 0 Å². The van der Waals surface area contributed by atoms with Gasteiger partial charge < -0.3 is 15.5 Å². The van der Waals surface area contributed by atoms with Crippen LogP contribution in [-0.4, -0.2) is 57.7 Å². The number of carbonyl (C=O) groups excluding carboxylic acids is 1. The molecule has 112 valence electrons. The third kappa shape index (κ3) is 6.12. The maximum Gasteiger partial charge on any atom is 0.223 e. The number of nitrogens with zero attached hydrogens (tertiary/aromatic N) is 4. The Morgan fingerprint density at radius 2 is 2.10 bits per heavy atom. The lowest BCUT2D eigenvalue weighted by Gasteiger charge is -2.20. The first-order valence-electron chi connectivity index (χ1n) is 6.57.